The highest BCUT2D eigenvalue weighted by atomic mass is 15.6. The predicted molar refractivity (Wildman–Crippen MR) is 71.0 cm³/mol. The first kappa shape index (κ1) is 12.7. The lowest BCUT2D eigenvalue weighted by molar-refractivity contribution is 0.488. The van der Waals surface area contributed by atoms with Crippen molar-refractivity contribution in [3.05, 3.63) is 30.3 Å². The van der Waals surface area contributed by atoms with Crippen LogP contribution in [0.15, 0.2) is 30.3 Å². The molecule has 18 heavy (non-hydrogen) atoms. The molecule has 0 bridgehead atoms. The van der Waals surface area contributed by atoms with Crippen LogP contribution in [0.25, 0.3) is 11.4 Å². The highest BCUT2D eigenvalue weighted by molar-refractivity contribution is 5.52. The number of aromatic nitrogens is 4. The zero-order valence-corrected chi connectivity index (χ0v) is 10.7. The molecular weight excluding hydrogens is 226 g/mol. The highest BCUT2D eigenvalue weighted by Gasteiger charge is 2.04. The Morgan fingerprint density at radius 2 is 2.00 bits per heavy atom. The molecule has 0 saturated heterocycles. The Balaban J connectivity index is 1.83. The molecule has 0 radical (unpaired) electrons. The van der Waals surface area contributed by atoms with Gasteiger partial charge in [0.05, 0.1) is 6.54 Å². The number of benzene rings is 1. The maximum absolute atomic E-state index is 4.35. The van der Waals surface area contributed by atoms with Gasteiger partial charge in [0.25, 0.3) is 0 Å². The summed E-state index contributed by atoms with van der Waals surface area (Å²) >= 11 is 0. The van der Waals surface area contributed by atoms with Gasteiger partial charge in [0.2, 0.25) is 5.82 Å². The largest absolute Gasteiger partial charge is 0.315 e. The maximum atomic E-state index is 4.35. The fourth-order valence-electron chi connectivity index (χ4n) is 1.65. The third-order valence-corrected chi connectivity index (χ3v) is 2.68. The molecule has 1 aromatic carbocycles. The number of rotatable bonds is 7. The number of nitrogens with zero attached hydrogens (tertiary/aromatic N) is 4. The second-order valence-corrected chi connectivity index (χ2v) is 4.18. The van der Waals surface area contributed by atoms with Gasteiger partial charge in [-0.2, -0.15) is 4.80 Å². The molecular formula is C13H19N5. The van der Waals surface area contributed by atoms with Crippen molar-refractivity contribution in [3.63, 3.8) is 0 Å². The van der Waals surface area contributed by atoms with E-state index in [1.165, 1.54) is 12.8 Å². The maximum Gasteiger partial charge on any atom is 0.204 e. The zero-order chi connectivity index (χ0) is 12.6. The van der Waals surface area contributed by atoms with Gasteiger partial charge in [-0.3, -0.25) is 0 Å². The molecule has 2 aromatic rings. The number of hydrogen-bond acceptors (Lipinski definition) is 4. The Morgan fingerprint density at radius 1 is 1.17 bits per heavy atom. The van der Waals surface area contributed by atoms with Crippen LogP contribution >= 0.6 is 0 Å². The van der Waals surface area contributed by atoms with Gasteiger partial charge in [-0.1, -0.05) is 43.7 Å². The molecule has 0 saturated carbocycles. The van der Waals surface area contributed by atoms with Gasteiger partial charge in [-0.15, -0.1) is 10.2 Å². The van der Waals surface area contributed by atoms with Gasteiger partial charge < -0.3 is 5.32 Å². The van der Waals surface area contributed by atoms with Crippen molar-refractivity contribution in [2.24, 2.45) is 0 Å². The molecule has 0 unspecified atom stereocenters. The van der Waals surface area contributed by atoms with Crippen LogP contribution < -0.4 is 5.32 Å². The summed E-state index contributed by atoms with van der Waals surface area (Å²) in [5.41, 5.74) is 1.00. The van der Waals surface area contributed by atoms with E-state index in [4.69, 9.17) is 0 Å². The van der Waals surface area contributed by atoms with Crippen LogP contribution in [-0.2, 0) is 6.54 Å². The lowest BCUT2D eigenvalue weighted by Crippen LogP contribution is -2.22. The first-order valence-corrected chi connectivity index (χ1v) is 6.44. The Labute approximate surface area is 107 Å². The van der Waals surface area contributed by atoms with Gasteiger partial charge in [-0.25, -0.2) is 0 Å². The van der Waals surface area contributed by atoms with Gasteiger partial charge in [0.15, 0.2) is 0 Å². The molecule has 0 aliphatic heterocycles. The zero-order valence-electron chi connectivity index (χ0n) is 10.7. The summed E-state index contributed by atoms with van der Waals surface area (Å²) in [5.74, 6) is 0.684. The van der Waals surface area contributed by atoms with Crippen LogP contribution in [-0.4, -0.2) is 33.3 Å². The molecule has 5 heteroatoms. The minimum Gasteiger partial charge on any atom is -0.315 e. The Kier molecular flexibility index (Phi) is 4.84. The van der Waals surface area contributed by atoms with E-state index >= 15 is 0 Å². The van der Waals surface area contributed by atoms with Crippen LogP contribution in [0.4, 0.5) is 0 Å². The summed E-state index contributed by atoms with van der Waals surface area (Å²) in [5, 5.41) is 15.8. The topological polar surface area (TPSA) is 55.6 Å². The van der Waals surface area contributed by atoms with E-state index < -0.39 is 0 Å². The van der Waals surface area contributed by atoms with Crippen LogP contribution in [0.2, 0.25) is 0 Å². The smallest absolute Gasteiger partial charge is 0.204 e. The van der Waals surface area contributed by atoms with Crippen molar-refractivity contribution < 1.29 is 0 Å². The lowest BCUT2D eigenvalue weighted by atomic mass is 10.2. The van der Waals surface area contributed by atoms with Crippen LogP contribution in [0.1, 0.15) is 19.8 Å². The van der Waals surface area contributed by atoms with Gasteiger partial charge in [0, 0.05) is 12.1 Å². The summed E-state index contributed by atoms with van der Waals surface area (Å²) in [6.45, 7) is 4.87. The summed E-state index contributed by atoms with van der Waals surface area (Å²) < 4.78 is 0. The van der Waals surface area contributed by atoms with Gasteiger partial charge in [0.1, 0.15) is 0 Å². The van der Waals surface area contributed by atoms with Crippen molar-refractivity contribution in [2.45, 2.75) is 26.3 Å². The number of hydrogen-bond donors (Lipinski definition) is 1. The monoisotopic (exact) mass is 245 g/mol. The van der Waals surface area contributed by atoms with Crippen LogP contribution in [0.3, 0.4) is 0 Å². The highest BCUT2D eigenvalue weighted by Crippen LogP contribution is 2.11. The van der Waals surface area contributed by atoms with E-state index in [2.05, 4.69) is 27.7 Å². The predicted octanol–water partition coefficient (Wildman–Crippen LogP) is 1.73. The fraction of sp³-hybridized carbons (Fsp3) is 0.462. The summed E-state index contributed by atoms with van der Waals surface area (Å²) in [6.07, 6.45) is 2.42. The quantitative estimate of drug-likeness (QED) is 0.755. The van der Waals surface area contributed by atoms with Crippen molar-refractivity contribution in [2.75, 3.05) is 13.1 Å². The van der Waals surface area contributed by atoms with E-state index in [1.807, 2.05) is 30.3 Å². The van der Waals surface area contributed by atoms with E-state index in [0.29, 0.717) is 5.82 Å². The standard InChI is InChI=1S/C13H19N5/c1-2-3-9-14-10-11-18-16-13(15-17-18)12-7-5-4-6-8-12/h4-8,14H,2-3,9-11H2,1H3. The van der Waals surface area contributed by atoms with Gasteiger partial charge in [-0.05, 0) is 18.2 Å². The number of unbranched alkanes of at least 4 members (excludes halogenated alkanes) is 1. The van der Waals surface area contributed by atoms with Crippen molar-refractivity contribution >= 4 is 0 Å². The molecule has 0 fully saturated rings. The Morgan fingerprint density at radius 3 is 2.78 bits per heavy atom. The minimum atomic E-state index is 0.684. The fourth-order valence-corrected chi connectivity index (χ4v) is 1.65. The second kappa shape index (κ2) is 6.86. The average Bonchev–Trinajstić information content (AvgIpc) is 2.88. The van der Waals surface area contributed by atoms with Crippen LogP contribution in [0.5, 0.6) is 0 Å². The molecule has 0 aliphatic rings. The number of tetrazole rings is 1. The molecule has 1 aromatic heterocycles. The van der Waals surface area contributed by atoms with E-state index in [0.717, 1.165) is 25.2 Å². The molecule has 0 spiro atoms. The summed E-state index contributed by atoms with van der Waals surface area (Å²) in [4.78, 5) is 1.64. The van der Waals surface area contributed by atoms with Crippen molar-refractivity contribution in [1.29, 1.82) is 0 Å². The second-order valence-electron chi connectivity index (χ2n) is 4.18. The molecule has 96 valence electrons. The molecule has 0 atom stereocenters. The summed E-state index contributed by atoms with van der Waals surface area (Å²) in [6, 6.07) is 9.90. The molecule has 2 rings (SSSR count). The minimum absolute atomic E-state index is 0.684. The SMILES string of the molecule is CCCCNCCn1nnc(-c2ccccc2)n1. The van der Waals surface area contributed by atoms with Crippen molar-refractivity contribution in [1.82, 2.24) is 25.5 Å². The summed E-state index contributed by atoms with van der Waals surface area (Å²) in [7, 11) is 0. The molecule has 0 aliphatic carbocycles. The average molecular weight is 245 g/mol. The lowest BCUT2D eigenvalue weighted by Gasteiger charge is -2.01. The first-order chi connectivity index (χ1) is 8.90. The van der Waals surface area contributed by atoms with Gasteiger partial charge >= 0.3 is 0 Å². The molecule has 5 nitrogen and oxygen atoms in total. The first-order valence-electron chi connectivity index (χ1n) is 6.44. The molecule has 1 heterocycles. The molecule has 1 N–H and O–H groups in total. The number of nitrogens with one attached hydrogen (secondary N) is 1. The Bertz CT molecular complexity index is 451. The van der Waals surface area contributed by atoms with Crippen LogP contribution in [0, 0.1) is 0 Å². The third kappa shape index (κ3) is 3.63. The normalized spacial score (nSPS) is 10.7. The third-order valence-electron chi connectivity index (χ3n) is 2.68. The Hall–Kier alpha value is -1.75. The van der Waals surface area contributed by atoms with E-state index in [9.17, 15) is 0 Å². The van der Waals surface area contributed by atoms with E-state index in [-0.39, 0.29) is 0 Å². The molecule has 0 amide bonds. The van der Waals surface area contributed by atoms with E-state index in [1.54, 1.807) is 4.80 Å². The van der Waals surface area contributed by atoms with Crippen molar-refractivity contribution in [3.8, 4) is 11.4 Å².